The molecule has 0 aromatic heterocycles. The van der Waals surface area contributed by atoms with E-state index in [4.69, 9.17) is 4.74 Å². The molecule has 0 saturated carbocycles. The molecule has 0 spiro atoms. The van der Waals surface area contributed by atoms with Gasteiger partial charge >= 0.3 is 5.97 Å². The Morgan fingerprint density at radius 1 is 1.47 bits per heavy atom. The molecule has 1 aliphatic rings. The molecule has 1 unspecified atom stereocenters. The molecule has 19 heavy (non-hydrogen) atoms. The summed E-state index contributed by atoms with van der Waals surface area (Å²) in [6, 6.07) is 5.66. The summed E-state index contributed by atoms with van der Waals surface area (Å²) in [4.78, 5) is 21.9. The molecule has 0 bridgehead atoms. The van der Waals surface area contributed by atoms with Crippen molar-refractivity contribution in [2.45, 2.75) is 12.8 Å². The number of halogens is 1. The van der Waals surface area contributed by atoms with Gasteiger partial charge in [-0.3, -0.25) is 14.9 Å². The number of benzene rings is 1. The largest absolute Gasteiger partial charge is 0.426 e. The van der Waals surface area contributed by atoms with Crippen LogP contribution >= 0.6 is 12.4 Å². The summed E-state index contributed by atoms with van der Waals surface area (Å²) in [5, 5.41) is 13.7. The van der Waals surface area contributed by atoms with Gasteiger partial charge in [-0.15, -0.1) is 12.4 Å². The Labute approximate surface area is 116 Å². The maximum absolute atomic E-state index is 11.8. The average Bonchev–Trinajstić information content (AvgIpc) is 2.40. The fraction of sp³-hybridized carbons (Fsp3) is 0.417. The van der Waals surface area contributed by atoms with E-state index in [1.54, 1.807) is 6.07 Å². The molecule has 0 radical (unpaired) electrons. The van der Waals surface area contributed by atoms with E-state index in [2.05, 4.69) is 5.32 Å². The fourth-order valence-corrected chi connectivity index (χ4v) is 1.91. The van der Waals surface area contributed by atoms with Gasteiger partial charge in [-0.2, -0.15) is 0 Å². The number of nitrogens with zero attached hydrogens (tertiary/aromatic N) is 1. The second-order valence-electron chi connectivity index (χ2n) is 4.22. The average molecular weight is 287 g/mol. The van der Waals surface area contributed by atoms with E-state index in [1.165, 1.54) is 18.2 Å². The molecule has 2 rings (SSSR count). The molecule has 1 atom stereocenters. The highest BCUT2D eigenvalue weighted by molar-refractivity contribution is 5.85. The number of hydrogen-bond acceptors (Lipinski definition) is 5. The van der Waals surface area contributed by atoms with Crippen LogP contribution in [0.2, 0.25) is 0 Å². The van der Waals surface area contributed by atoms with Gasteiger partial charge in [-0.1, -0.05) is 6.07 Å². The van der Waals surface area contributed by atoms with Gasteiger partial charge in [0.15, 0.2) is 0 Å². The topological polar surface area (TPSA) is 81.5 Å². The summed E-state index contributed by atoms with van der Waals surface area (Å²) >= 11 is 0. The molecule has 6 nitrogen and oxygen atoms in total. The summed E-state index contributed by atoms with van der Waals surface area (Å²) < 4.78 is 5.16. The summed E-state index contributed by atoms with van der Waals surface area (Å²) in [6.45, 7) is 1.52. The molecule has 1 saturated heterocycles. The summed E-state index contributed by atoms with van der Waals surface area (Å²) in [5.41, 5.74) is -0.0814. The smallest absolute Gasteiger partial charge is 0.315 e. The number of rotatable bonds is 3. The predicted molar refractivity (Wildman–Crippen MR) is 71.6 cm³/mol. The quantitative estimate of drug-likeness (QED) is 0.397. The first-order valence-corrected chi connectivity index (χ1v) is 5.83. The Kier molecular flexibility index (Phi) is 5.72. The number of ether oxygens (including phenoxy) is 1. The molecular formula is C12H15ClN2O4. The molecule has 1 fully saturated rings. The van der Waals surface area contributed by atoms with Gasteiger partial charge in [-0.05, 0) is 25.5 Å². The monoisotopic (exact) mass is 286 g/mol. The van der Waals surface area contributed by atoms with Gasteiger partial charge in [0.1, 0.15) is 5.75 Å². The van der Waals surface area contributed by atoms with Crippen molar-refractivity contribution in [3.8, 4) is 5.75 Å². The molecule has 0 amide bonds. The van der Waals surface area contributed by atoms with E-state index in [0.717, 1.165) is 19.4 Å². The first kappa shape index (κ1) is 15.4. The SMILES string of the molecule is Cl.O=C(Oc1cccc([N+](=O)[O-])c1)C1CCCNC1. The van der Waals surface area contributed by atoms with E-state index < -0.39 is 4.92 Å². The highest BCUT2D eigenvalue weighted by Crippen LogP contribution is 2.21. The normalized spacial score (nSPS) is 18.2. The van der Waals surface area contributed by atoms with E-state index >= 15 is 0 Å². The highest BCUT2D eigenvalue weighted by Gasteiger charge is 2.23. The molecular weight excluding hydrogens is 272 g/mol. The van der Waals surface area contributed by atoms with Crippen molar-refractivity contribution in [2.24, 2.45) is 5.92 Å². The van der Waals surface area contributed by atoms with Gasteiger partial charge in [0.05, 0.1) is 16.9 Å². The summed E-state index contributed by atoms with van der Waals surface area (Å²) in [7, 11) is 0. The second kappa shape index (κ2) is 7.06. The van der Waals surface area contributed by atoms with Crippen LogP contribution in [0.4, 0.5) is 5.69 Å². The molecule has 0 aliphatic carbocycles. The molecule has 1 aromatic rings. The van der Waals surface area contributed by atoms with Crippen LogP contribution in [-0.4, -0.2) is 24.0 Å². The van der Waals surface area contributed by atoms with Crippen LogP contribution < -0.4 is 10.1 Å². The Bertz CT molecular complexity index is 461. The number of esters is 1. The van der Waals surface area contributed by atoms with Crippen molar-refractivity contribution < 1.29 is 14.5 Å². The lowest BCUT2D eigenvalue weighted by molar-refractivity contribution is -0.384. The summed E-state index contributed by atoms with van der Waals surface area (Å²) in [5.74, 6) is -0.277. The zero-order valence-electron chi connectivity index (χ0n) is 10.2. The van der Waals surface area contributed by atoms with Crippen LogP contribution in [0.25, 0.3) is 0 Å². The third-order valence-electron chi connectivity index (χ3n) is 2.88. The molecule has 1 heterocycles. The van der Waals surface area contributed by atoms with Crippen LogP contribution in [-0.2, 0) is 4.79 Å². The number of nitro groups is 1. The number of carbonyl (C=O) groups is 1. The highest BCUT2D eigenvalue weighted by atomic mass is 35.5. The number of non-ortho nitro benzene ring substituents is 1. The zero-order chi connectivity index (χ0) is 13.0. The third-order valence-corrected chi connectivity index (χ3v) is 2.88. The number of piperidine rings is 1. The molecule has 7 heteroatoms. The van der Waals surface area contributed by atoms with Crippen LogP contribution in [0.3, 0.4) is 0 Å². The number of carbonyl (C=O) groups excluding carboxylic acids is 1. The Hall–Kier alpha value is -1.66. The van der Waals surface area contributed by atoms with Crippen LogP contribution in [0.15, 0.2) is 24.3 Å². The molecule has 1 aromatic carbocycles. The lowest BCUT2D eigenvalue weighted by Crippen LogP contribution is -2.36. The summed E-state index contributed by atoms with van der Waals surface area (Å²) in [6.07, 6.45) is 1.73. The standard InChI is InChI=1S/C12H14N2O4.ClH/c15-12(9-3-2-6-13-8-9)18-11-5-1-4-10(7-11)14(16)17;/h1,4-5,7,9,13H,2-3,6,8H2;1H. The van der Waals surface area contributed by atoms with Crippen LogP contribution in [0.5, 0.6) is 5.75 Å². The van der Waals surface area contributed by atoms with Gasteiger partial charge in [0, 0.05) is 12.6 Å². The van der Waals surface area contributed by atoms with Crippen molar-refractivity contribution in [1.29, 1.82) is 0 Å². The molecule has 1 aliphatic heterocycles. The van der Waals surface area contributed by atoms with Gasteiger partial charge in [-0.25, -0.2) is 0 Å². The van der Waals surface area contributed by atoms with E-state index in [0.29, 0.717) is 6.54 Å². The maximum atomic E-state index is 11.8. The minimum absolute atomic E-state index is 0. The molecule has 104 valence electrons. The van der Waals surface area contributed by atoms with E-state index in [-0.39, 0.29) is 35.7 Å². The van der Waals surface area contributed by atoms with Crippen LogP contribution in [0, 0.1) is 16.0 Å². The minimum Gasteiger partial charge on any atom is -0.426 e. The predicted octanol–water partition coefficient (Wildman–Crippen LogP) is 1.92. The fourth-order valence-electron chi connectivity index (χ4n) is 1.91. The minimum atomic E-state index is -0.514. The Morgan fingerprint density at radius 3 is 2.89 bits per heavy atom. The number of nitrogens with one attached hydrogen (secondary N) is 1. The van der Waals surface area contributed by atoms with Crippen molar-refractivity contribution >= 4 is 24.1 Å². The zero-order valence-corrected chi connectivity index (χ0v) is 11.0. The van der Waals surface area contributed by atoms with Crippen LogP contribution in [0.1, 0.15) is 12.8 Å². The molecule has 1 N–H and O–H groups in total. The number of nitro benzene ring substituents is 1. The van der Waals surface area contributed by atoms with Crippen molar-refractivity contribution in [2.75, 3.05) is 13.1 Å². The van der Waals surface area contributed by atoms with Crippen molar-refractivity contribution in [3.05, 3.63) is 34.4 Å². The third kappa shape index (κ3) is 4.18. The Balaban J connectivity index is 0.00000180. The first-order valence-electron chi connectivity index (χ1n) is 5.83. The van der Waals surface area contributed by atoms with E-state index in [1.807, 2.05) is 0 Å². The number of hydrogen-bond donors (Lipinski definition) is 1. The lowest BCUT2D eigenvalue weighted by Gasteiger charge is -2.20. The van der Waals surface area contributed by atoms with E-state index in [9.17, 15) is 14.9 Å². The van der Waals surface area contributed by atoms with Gasteiger partial charge in [0.2, 0.25) is 0 Å². The Morgan fingerprint density at radius 2 is 2.26 bits per heavy atom. The van der Waals surface area contributed by atoms with Gasteiger partial charge < -0.3 is 10.1 Å². The van der Waals surface area contributed by atoms with Gasteiger partial charge in [0.25, 0.3) is 5.69 Å². The van der Waals surface area contributed by atoms with Crippen molar-refractivity contribution in [3.63, 3.8) is 0 Å². The van der Waals surface area contributed by atoms with Crippen molar-refractivity contribution in [1.82, 2.24) is 5.32 Å². The lowest BCUT2D eigenvalue weighted by atomic mass is 10.0. The second-order valence-corrected chi connectivity index (χ2v) is 4.22. The first-order chi connectivity index (χ1) is 8.66. The maximum Gasteiger partial charge on any atom is 0.315 e.